The van der Waals surface area contributed by atoms with Gasteiger partial charge >= 0.3 is 0 Å². The summed E-state index contributed by atoms with van der Waals surface area (Å²) in [6, 6.07) is 11.7. The van der Waals surface area contributed by atoms with Crippen molar-refractivity contribution < 1.29 is 22.9 Å². The number of hydrogen-bond donors (Lipinski definition) is 1. The largest absolute Gasteiger partial charge is 0.484 e. The maximum Gasteiger partial charge on any atom is 0.269 e. The highest BCUT2D eigenvalue weighted by molar-refractivity contribution is 7.93. The van der Waals surface area contributed by atoms with Crippen molar-refractivity contribution in [1.29, 1.82) is 0 Å². The van der Waals surface area contributed by atoms with Gasteiger partial charge in [0.2, 0.25) is 9.84 Å². The number of non-ortho nitro benzene ring substituents is 1. The number of aryl methyl sites for hydroxylation is 1. The fourth-order valence-electron chi connectivity index (χ4n) is 2.31. The minimum Gasteiger partial charge on any atom is -0.484 e. The number of amides is 1. The summed E-state index contributed by atoms with van der Waals surface area (Å²) in [7, 11) is -3.91. The molecule has 0 atom stereocenters. The molecule has 0 aliphatic heterocycles. The van der Waals surface area contributed by atoms with Crippen LogP contribution in [0, 0.1) is 17.0 Å². The first-order valence-corrected chi connectivity index (χ1v) is 10.5. The molecule has 0 aliphatic carbocycles. The molecule has 0 bridgehead atoms. The molecule has 0 unspecified atom stereocenters. The smallest absolute Gasteiger partial charge is 0.269 e. The minimum absolute atomic E-state index is 0.0961. The van der Waals surface area contributed by atoms with E-state index in [4.69, 9.17) is 4.74 Å². The molecule has 150 valence electrons. The SMILES string of the molecule is Cc1cccc(OCC(=O)Nc2ncc(S(=O)(=O)c3ccc([N+](=O)[O-])cc3)s2)c1. The topological polar surface area (TPSA) is 128 Å². The monoisotopic (exact) mass is 433 g/mol. The molecule has 1 heterocycles. The number of aromatic nitrogens is 1. The Morgan fingerprint density at radius 2 is 1.97 bits per heavy atom. The number of nitrogens with zero attached hydrogens (tertiary/aromatic N) is 2. The number of carbonyl (C=O) groups excluding carboxylic acids is 1. The number of carbonyl (C=O) groups is 1. The third-order valence-corrected chi connectivity index (χ3v) is 6.86. The molecule has 1 aromatic heterocycles. The van der Waals surface area contributed by atoms with Gasteiger partial charge < -0.3 is 4.74 Å². The van der Waals surface area contributed by atoms with Gasteiger partial charge in [0.05, 0.1) is 16.0 Å². The van der Waals surface area contributed by atoms with Crippen LogP contribution in [0.25, 0.3) is 0 Å². The van der Waals surface area contributed by atoms with Gasteiger partial charge in [-0.15, -0.1) is 0 Å². The predicted molar refractivity (Wildman–Crippen MR) is 106 cm³/mol. The molecular weight excluding hydrogens is 418 g/mol. The second kappa shape index (κ2) is 8.37. The average molecular weight is 433 g/mol. The lowest BCUT2D eigenvalue weighted by molar-refractivity contribution is -0.384. The van der Waals surface area contributed by atoms with Crippen LogP contribution in [0.2, 0.25) is 0 Å². The van der Waals surface area contributed by atoms with E-state index in [1.807, 2.05) is 13.0 Å². The van der Waals surface area contributed by atoms with Crippen LogP contribution in [-0.2, 0) is 14.6 Å². The van der Waals surface area contributed by atoms with E-state index in [-0.39, 0.29) is 26.5 Å². The van der Waals surface area contributed by atoms with Gasteiger partial charge in [-0.2, -0.15) is 0 Å². The number of nitrogens with one attached hydrogen (secondary N) is 1. The van der Waals surface area contributed by atoms with Crippen LogP contribution in [-0.4, -0.2) is 30.8 Å². The van der Waals surface area contributed by atoms with E-state index in [0.717, 1.165) is 47.4 Å². The zero-order valence-corrected chi connectivity index (χ0v) is 16.7. The van der Waals surface area contributed by atoms with Gasteiger partial charge in [-0.3, -0.25) is 20.2 Å². The Hall–Kier alpha value is -3.31. The molecule has 3 aromatic rings. The number of nitro benzene ring substituents is 1. The van der Waals surface area contributed by atoms with Gasteiger partial charge in [-0.25, -0.2) is 13.4 Å². The van der Waals surface area contributed by atoms with Gasteiger partial charge in [0.25, 0.3) is 11.6 Å². The van der Waals surface area contributed by atoms with Gasteiger partial charge in [0.15, 0.2) is 11.7 Å². The lowest BCUT2D eigenvalue weighted by Gasteiger charge is -2.06. The highest BCUT2D eigenvalue weighted by atomic mass is 32.2. The molecule has 11 heteroatoms. The van der Waals surface area contributed by atoms with Crippen LogP contribution in [0.5, 0.6) is 5.75 Å². The number of ether oxygens (including phenoxy) is 1. The van der Waals surface area contributed by atoms with Crippen molar-refractivity contribution in [2.45, 2.75) is 16.0 Å². The van der Waals surface area contributed by atoms with E-state index in [9.17, 15) is 23.3 Å². The van der Waals surface area contributed by atoms with Crippen molar-refractivity contribution in [3.05, 3.63) is 70.4 Å². The van der Waals surface area contributed by atoms with E-state index in [2.05, 4.69) is 10.3 Å². The van der Waals surface area contributed by atoms with Crippen LogP contribution >= 0.6 is 11.3 Å². The van der Waals surface area contributed by atoms with Crippen molar-refractivity contribution in [3.63, 3.8) is 0 Å². The number of thiazole rings is 1. The Labute approximate surface area is 170 Å². The first-order chi connectivity index (χ1) is 13.8. The molecule has 29 heavy (non-hydrogen) atoms. The Balaban J connectivity index is 1.66. The highest BCUT2D eigenvalue weighted by Gasteiger charge is 2.22. The number of sulfone groups is 1. The zero-order chi connectivity index (χ0) is 21.0. The van der Waals surface area contributed by atoms with E-state index >= 15 is 0 Å². The molecule has 0 saturated heterocycles. The normalized spacial score (nSPS) is 11.1. The Morgan fingerprint density at radius 3 is 2.62 bits per heavy atom. The molecule has 9 nitrogen and oxygen atoms in total. The van der Waals surface area contributed by atoms with Crippen LogP contribution in [0.15, 0.2) is 63.8 Å². The third-order valence-electron chi connectivity index (χ3n) is 3.71. The fourth-order valence-corrected chi connectivity index (χ4v) is 4.76. The molecule has 0 spiro atoms. The maximum atomic E-state index is 12.6. The summed E-state index contributed by atoms with van der Waals surface area (Å²) >= 11 is 0.777. The Morgan fingerprint density at radius 1 is 1.24 bits per heavy atom. The summed E-state index contributed by atoms with van der Waals surface area (Å²) < 4.78 is 30.5. The predicted octanol–water partition coefficient (Wildman–Crippen LogP) is 3.21. The summed E-state index contributed by atoms with van der Waals surface area (Å²) in [5, 5.41) is 13.3. The molecule has 0 aliphatic rings. The van der Waals surface area contributed by atoms with E-state index in [1.165, 1.54) is 0 Å². The second-order valence-electron chi connectivity index (χ2n) is 5.89. The number of hydrogen-bond acceptors (Lipinski definition) is 8. The summed E-state index contributed by atoms with van der Waals surface area (Å²) in [6.45, 7) is 1.64. The molecule has 1 N–H and O–H groups in total. The van der Waals surface area contributed by atoms with Crippen molar-refractivity contribution >= 4 is 37.9 Å². The van der Waals surface area contributed by atoms with Gasteiger partial charge in [0.1, 0.15) is 9.96 Å². The summed E-state index contributed by atoms with van der Waals surface area (Å²) in [6.07, 6.45) is 1.12. The zero-order valence-electron chi connectivity index (χ0n) is 15.1. The second-order valence-corrected chi connectivity index (χ2v) is 9.10. The highest BCUT2D eigenvalue weighted by Crippen LogP contribution is 2.29. The lowest BCUT2D eigenvalue weighted by Crippen LogP contribution is -2.20. The Kier molecular flexibility index (Phi) is 5.89. The van der Waals surface area contributed by atoms with Crippen molar-refractivity contribution in [2.24, 2.45) is 0 Å². The lowest BCUT2D eigenvalue weighted by atomic mass is 10.2. The number of benzene rings is 2. The van der Waals surface area contributed by atoms with Crippen LogP contribution in [0.3, 0.4) is 0 Å². The first kappa shape index (κ1) is 20.4. The number of nitro groups is 1. The molecule has 0 fully saturated rings. The summed E-state index contributed by atoms with van der Waals surface area (Å²) in [4.78, 5) is 25.9. The van der Waals surface area contributed by atoms with Crippen molar-refractivity contribution in [1.82, 2.24) is 4.98 Å². The van der Waals surface area contributed by atoms with Crippen LogP contribution in [0.1, 0.15) is 5.56 Å². The van der Waals surface area contributed by atoms with Gasteiger partial charge in [0, 0.05) is 12.1 Å². The fraction of sp³-hybridized carbons (Fsp3) is 0.111. The standard InChI is InChI=1S/C18H15N3O6S2/c1-12-3-2-4-14(9-12)27-11-16(22)20-18-19-10-17(28-18)29(25,26)15-7-5-13(6-8-15)21(23)24/h2-10H,11H2,1H3,(H,19,20,22). The van der Waals surface area contributed by atoms with E-state index in [0.29, 0.717) is 5.75 Å². The average Bonchev–Trinajstić information content (AvgIpc) is 3.16. The minimum atomic E-state index is -3.91. The first-order valence-electron chi connectivity index (χ1n) is 8.20. The summed E-state index contributed by atoms with van der Waals surface area (Å²) in [5.74, 6) is 0.0564. The van der Waals surface area contributed by atoms with Crippen LogP contribution < -0.4 is 10.1 Å². The molecule has 1 amide bonds. The van der Waals surface area contributed by atoms with Gasteiger partial charge in [-0.1, -0.05) is 23.5 Å². The maximum absolute atomic E-state index is 12.6. The Bertz CT molecular complexity index is 1160. The molecular formula is C18H15N3O6S2. The van der Waals surface area contributed by atoms with Crippen LogP contribution in [0.4, 0.5) is 10.8 Å². The van der Waals surface area contributed by atoms with Gasteiger partial charge in [-0.05, 0) is 36.8 Å². The molecule has 2 aromatic carbocycles. The molecule has 0 saturated carbocycles. The van der Waals surface area contributed by atoms with Crippen molar-refractivity contribution in [3.8, 4) is 5.75 Å². The van der Waals surface area contributed by atoms with E-state index < -0.39 is 20.7 Å². The number of rotatable bonds is 7. The third kappa shape index (κ3) is 4.95. The molecule has 3 rings (SSSR count). The number of anilines is 1. The van der Waals surface area contributed by atoms with E-state index in [1.54, 1.807) is 18.2 Å². The molecule has 0 radical (unpaired) electrons. The quantitative estimate of drug-likeness (QED) is 0.447. The summed E-state index contributed by atoms with van der Waals surface area (Å²) in [5.41, 5.74) is 0.777. The van der Waals surface area contributed by atoms with Crippen molar-refractivity contribution in [2.75, 3.05) is 11.9 Å².